The highest BCUT2D eigenvalue weighted by molar-refractivity contribution is 7.89. The Kier molecular flexibility index (Phi) is 4.41. The Morgan fingerprint density at radius 3 is 2.70 bits per heavy atom. The first-order valence-electron chi connectivity index (χ1n) is 6.50. The highest BCUT2D eigenvalue weighted by Gasteiger charge is 2.36. The molecular formula is C13H18F2N2O2S. The minimum absolute atomic E-state index is 0.120. The van der Waals surface area contributed by atoms with Crippen molar-refractivity contribution in [1.82, 2.24) is 9.62 Å². The van der Waals surface area contributed by atoms with Gasteiger partial charge >= 0.3 is 0 Å². The molecule has 7 heteroatoms. The van der Waals surface area contributed by atoms with E-state index in [9.17, 15) is 17.2 Å². The van der Waals surface area contributed by atoms with Crippen LogP contribution in [0.1, 0.15) is 18.4 Å². The molecule has 112 valence electrons. The minimum atomic E-state index is -3.93. The summed E-state index contributed by atoms with van der Waals surface area (Å²) in [4.78, 5) is -0.445. The number of aryl methyl sites for hydroxylation is 1. The molecule has 1 fully saturated rings. The molecule has 2 rings (SSSR count). The van der Waals surface area contributed by atoms with E-state index in [-0.39, 0.29) is 11.6 Å². The van der Waals surface area contributed by atoms with Crippen LogP contribution in [0.25, 0.3) is 0 Å². The Hall–Kier alpha value is -1.05. The van der Waals surface area contributed by atoms with Gasteiger partial charge in [-0.05, 0) is 38.4 Å². The lowest BCUT2D eigenvalue weighted by Gasteiger charge is -2.24. The van der Waals surface area contributed by atoms with Crippen molar-refractivity contribution < 1.29 is 17.2 Å². The van der Waals surface area contributed by atoms with Crippen LogP contribution in [0.4, 0.5) is 8.78 Å². The van der Waals surface area contributed by atoms with Crippen LogP contribution in [-0.2, 0) is 10.0 Å². The van der Waals surface area contributed by atoms with Crippen molar-refractivity contribution in [3.63, 3.8) is 0 Å². The Balaban J connectivity index is 2.42. The molecule has 1 aromatic rings. The number of rotatable bonds is 4. The summed E-state index contributed by atoms with van der Waals surface area (Å²) in [5.41, 5.74) is 0.120. The van der Waals surface area contributed by atoms with Gasteiger partial charge in [0.05, 0.1) is 0 Å². The van der Waals surface area contributed by atoms with Gasteiger partial charge in [-0.3, -0.25) is 0 Å². The SMILES string of the molecule is CNCC1CCCN1S(=O)(=O)c1cc(C)c(F)cc1F. The molecule has 0 radical (unpaired) electrons. The average molecular weight is 304 g/mol. The molecule has 0 spiro atoms. The largest absolute Gasteiger partial charge is 0.318 e. The Morgan fingerprint density at radius 1 is 1.35 bits per heavy atom. The molecule has 0 saturated carbocycles. The lowest BCUT2D eigenvalue weighted by Crippen LogP contribution is -2.41. The fourth-order valence-corrected chi connectivity index (χ4v) is 4.35. The maximum absolute atomic E-state index is 13.8. The fourth-order valence-electron chi connectivity index (χ4n) is 2.52. The summed E-state index contributed by atoms with van der Waals surface area (Å²) >= 11 is 0. The van der Waals surface area contributed by atoms with Crippen molar-refractivity contribution in [2.24, 2.45) is 0 Å². The third-order valence-corrected chi connectivity index (χ3v) is 5.53. The summed E-state index contributed by atoms with van der Waals surface area (Å²) in [5, 5.41) is 2.94. The molecule has 1 saturated heterocycles. The number of nitrogens with zero attached hydrogens (tertiary/aromatic N) is 1. The molecule has 0 aliphatic carbocycles. The molecule has 20 heavy (non-hydrogen) atoms. The van der Waals surface area contributed by atoms with Crippen LogP contribution >= 0.6 is 0 Å². The molecule has 1 atom stereocenters. The number of hydrogen-bond acceptors (Lipinski definition) is 3. The van der Waals surface area contributed by atoms with Crippen LogP contribution < -0.4 is 5.32 Å². The average Bonchev–Trinajstić information content (AvgIpc) is 2.83. The van der Waals surface area contributed by atoms with Crippen LogP contribution in [0, 0.1) is 18.6 Å². The topological polar surface area (TPSA) is 49.4 Å². The predicted molar refractivity (Wildman–Crippen MR) is 71.9 cm³/mol. The van der Waals surface area contributed by atoms with Crippen molar-refractivity contribution in [2.45, 2.75) is 30.7 Å². The Bertz CT molecular complexity index is 605. The number of likely N-dealkylation sites (N-methyl/N-ethyl adjacent to an activating group) is 1. The number of benzene rings is 1. The molecular weight excluding hydrogens is 286 g/mol. The second-order valence-corrected chi connectivity index (χ2v) is 6.86. The smallest absolute Gasteiger partial charge is 0.246 e. The summed E-state index contributed by atoms with van der Waals surface area (Å²) in [6.45, 7) is 2.30. The third kappa shape index (κ3) is 2.70. The highest BCUT2D eigenvalue weighted by atomic mass is 32.2. The zero-order valence-electron chi connectivity index (χ0n) is 11.5. The van der Waals surface area contributed by atoms with Gasteiger partial charge in [0.2, 0.25) is 10.0 Å². The number of halogens is 2. The van der Waals surface area contributed by atoms with Crippen LogP contribution in [0.5, 0.6) is 0 Å². The molecule has 1 heterocycles. The van der Waals surface area contributed by atoms with Gasteiger partial charge in [-0.1, -0.05) is 0 Å². The second kappa shape index (κ2) is 5.75. The molecule has 0 aromatic heterocycles. The van der Waals surface area contributed by atoms with Gasteiger partial charge in [-0.25, -0.2) is 17.2 Å². The molecule has 1 aliphatic heterocycles. The van der Waals surface area contributed by atoms with E-state index in [0.29, 0.717) is 19.2 Å². The van der Waals surface area contributed by atoms with Crippen molar-refractivity contribution in [3.8, 4) is 0 Å². The van der Waals surface area contributed by atoms with Gasteiger partial charge in [-0.2, -0.15) is 4.31 Å². The molecule has 1 unspecified atom stereocenters. The predicted octanol–water partition coefficient (Wildman–Crippen LogP) is 1.65. The standard InChI is InChI=1S/C13H18F2N2O2S/c1-9-6-13(12(15)7-11(9)14)20(18,19)17-5-3-4-10(17)8-16-2/h6-7,10,16H,3-5,8H2,1-2H3. The van der Waals surface area contributed by atoms with E-state index >= 15 is 0 Å². The van der Waals surface area contributed by atoms with Crippen LogP contribution in [0.15, 0.2) is 17.0 Å². The minimum Gasteiger partial charge on any atom is -0.318 e. The van der Waals surface area contributed by atoms with E-state index in [0.717, 1.165) is 18.9 Å². The van der Waals surface area contributed by atoms with E-state index in [1.54, 1.807) is 7.05 Å². The normalized spacial score (nSPS) is 20.5. The first kappa shape index (κ1) is 15.3. The molecule has 1 aliphatic rings. The van der Waals surface area contributed by atoms with Gasteiger partial charge in [0.1, 0.15) is 16.5 Å². The zero-order chi connectivity index (χ0) is 14.9. The summed E-state index contributed by atoms with van der Waals surface area (Å²) in [7, 11) is -2.19. The van der Waals surface area contributed by atoms with Gasteiger partial charge in [-0.15, -0.1) is 0 Å². The van der Waals surface area contributed by atoms with E-state index in [4.69, 9.17) is 0 Å². The molecule has 0 amide bonds. The van der Waals surface area contributed by atoms with Crippen molar-refractivity contribution in [1.29, 1.82) is 0 Å². The first-order chi connectivity index (χ1) is 9.37. The van der Waals surface area contributed by atoms with Crippen LogP contribution in [0.2, 0.25) is 0 Å². The maximum atomic E-state index is 13.8. The van der Waals surface area contributed by atoms with Gasteiger partial charge < -0.3 is 5.32 Å². The number of hydrogen-bond donors (Lipinski definition) is 1. The highest BCUT2D eigenvalue weighted by Crippen LogP contribution is 2.28. The molecule has 1 aromatic carbocycles. The third-order valence-electron chi connectivity index (χ3n) is 3.56. The summed E-state index contributed by atoms with van der Waals surface area (Å²) in [6, 6.07) is 1.51. The monoisotopic (exact) mass is 304 g/mol. The lowest BCUT2D eigenvalue weighted by atomic mass is 10.2. The van der Waals surface area contributed by atoms with E-state index in [1.807, 2.05) is 0 Å². The van der Waals surface area contributed by atoms with Gasteiger partial charge in [0, 0.05) is 25.2 Å². The summed E-state index contributed by atoms with van der Waals surface area (Å²) in [5.74, 6) is -1.78. The van der Waals surface area contributed by atoms with Crippen molar-refractivity contribution >= 4 is 10.0 Å². The number of nitrogens with one attached hydrogen (secondary N) is 1. The van der Waals surface area contributed by atoms with Crippen molar-refractivity contribution in [3.05, 3.63) is 29.3 Å². The van der Waals surface area contributed by atoms with Crippen LogP contribution in [0.3, 0.4) is 0 Å². The first-order valence-corrected chi connectivity index (χ1v) is 7.94. The van der Waals surface area contributed by atoms with Gasteiger partial charge in [0.25, 0.3) is 0 Å². The summed E-state index contributed by atoms with van der Waals surface area (Å²) in [6.07, 6.45) is 1.48. The molecule has 4 nitrogen and oxygen atoms in total. The fraction of sp³-hybridized carbons (Fsp3) is 0.538. The Morgan fingerprint density at radius 2 is 2.05 bits per heavy atom. The quantitative estimate of drug-likeness (QED) is 0.920. The zero-order valence-corrected chi connectivity index (χ0v) is 12.3. The van der Waals surface area contributed by atoms with Crippen LogP contribution in [-0.4, -0.2) is 38.9 Å². The molecule has 1 N–H and O–H groups in total. The summed E-state index contributed by atoms with van der Waals surface area (Å²) < 4.78 is 53.5. The van der Waals surface area contributed by atoms with Gasteiger partial charge in [0.15, 0.2) is 0 Å². The maximum Gasteiger partial charge on any atom is 0.246 e. The van der Waals surface area contributed by atoms with E-state index < -0.39 is 26.6 Å². The lowest BCUT2D eigenvalue weighted by molar-refractivity contribution is 0.376. The second-order valence-electron chi connectivity index (χ2n) is 5.00. The Labute approximate surface area is 117 Å². The van der Waals surface area contributed by atoms with E-state index in [1.165, 1.54) is 11.2 Å². The number of sulfonamides is 1. The van der Waals surface area contributed by atoms with E-state index in [2.05, 4.69) is 5.32 Å². The molecule has 0 bridgehead atoms. The van der Waals surface area contributed by atoms with Crippen molar-refractivity contribution in [2.75, 3.05) is 20.1 Å².